The molecule has 0 radical (unpaired) electrons. The van der Waals surface area contributed by atoms with Gasteiger partial charge in [0.05, 0.1) is 7.11 Å². The number of rotatable bonds is 5. The van der Waals surface area contributed by atoms with Gasteiger partial charge in [-0.25, -0.2) is 4.98 Å². The number of nitrogens with zero attached hydrogens (tertiary/aromatic N) is 1. The highest BCUT2D eigenvalue weighted by molar-refractivity contribution is 5.53. The van der Waals surface area contributed by atoms with Crippen molar-refractivity contribution in [2.45, 2.75) is 13.8 Å². The van der Waals surface area contributed by atoms with Crippen LogP contribution in [0, 0.1) is 5.92 Å². The summed E-state index contributed by atoms with van der Waals surface area (Å²) in [6.07, 6.45) is 4.00. The van der Waals surface area contributed by atoms with Crippen molar-refractivity contribution in [1.82, 2.24) is 10.3 Å². The van der Waals surface area contributed by atoms with E-state index >= 15 is 0 Å². The Balaban J connectivity index is 2.85. The van der Waals surface area contributed by atoms with E-state index in [-0.39, 0.29) is 0 Å². The van der Waals surface area contributed by atoms with Gasteiger partial charge in [0.1, 0.15) is 0 Å². The molecule has 0 unspecified atom stereocenters. The number of ether oxygens (including phenoxy) is 1. The highest BCUT2D eigenvalue weighted by Gasteiger charge is 2.02. The maximum atomic E-state index is 5.02. The van der Waals surface area contributed by atoms with Gasteiger partial charge in [-0.05, 0) is 24.6 Å². The van der Waals surface area contributed by atoms with Gasteiger partial charge in [0.15, 0.2) is 0 Å². The Kier molecular flexibility index (Phi) is 4.99. The van der Waals surface area contributed by atoms with Crippen LogP contribution < -0.4 is 10.1 Å². The van der Waals surface area contributed by atoms with E-state index in [0.29, 0.717) is 11.8 Å². The largest absolute Gasteiger partial charge is 0.481 e. The maximum Gasteiger partial charge on any atom is 0.212 e. The molecule has 0 aliphatic rings. The first-order valence-corrected chi connectivity index (χ1v) is 5.52. The van der Waals surface area contributed by atoms with Gasteiger partial charge in [0, 0.05) is 18.8 Å². The van der Waals surface area contributed by atoms with Crippen LogP contribution >= 0.6 is 0 Å². The summed E-state index contributed by atoms with van der Waals surface area (Å²) >= 11 is 0. The number of hydrogen-bond acceptors (Lipinski definition) is 3. The van der Waals surface area contributed by atoms with Crippen molar-refractivity contribution >= 4 is 6.08 Å². The first-order valence-electron chi connectivity index (χ1n) is 5.52. The molecule has 0 aliphatic heterocycles. The van der Waals surface area contributed by atoms with Gasteiger partial charge < -0.3 is 10.1 Å². The highest BCUT2D eigenvalue weighted by atomic mass is 16.5. The number of aromatic nitrogens is 1. The molecule has 1 heterocycles. The van der Waals surface area contributed by atoms with Gasteiger partial charge in [0.2, 0.25) is 5.88 Å². The van der Waals surface area contributed by atoms with Crippen molar-refractivity contribution in [3.63, 3.8) is 0 Å². The topological polar surface area (TPSA) is 34.1 Å². The van der Waals surface area contributed by atoms with Crippen molar-refractivity contribution in [1.29, 1.82) is 0 Å². The molecular weight excluding hydrogens is 200 g/mol. The summed E-state index contributed by atoms with van der Waals surface area (Å²) in [4.78, 5) is 4.18. The van der Waals surface area contributed by atoms with E-state index in [4.69, 9.17) is 4.74 Å². The molecular formula is C13H20N2O. The standard InChI is InChI=1S/C13H20N2O/c1-10(2)12(9-14-3)7-11-5-6-13(16-4)15-8-11/h5-8,10,14H,9H2,1-4H3/b12-7-. The van der Waals surface area contributed by atoms with E-state index < -0.39 is 0 Å². The zero-order valence-electron chi connectivity index (χ0n) is 10.4. The number of nitrogens with one attached hydrogen (secondary N) is 1. The summed E-state index contributed by atoms with van der Waals surface area (Å²) in [7, 11) is 3.58. The second kappa shape index (κ2) is 6.28. The van der Waals surface area contributed by atoms with Gasteiger partial charge in [-0.3, -0.25) is 0 Å². The lowest BCUT2D eigenvalue weighted by molar-refractivity contribution is 0.398. The van der Waals surface area contributed by atoms with E-state index in [0.717, 1.165) is 12.1 Å². The van der Waals surface area contributed by atoms with Crippen LogP contribution in [-0.2, 0) is 0 Å². The summed E-state index contributed by atoms with van der Waals surface area (Å²) in [5, 5.41) is 3.18. The van der Waals surface area contributed by atoms with Crippen molar-refractivity contribution < 1.29 is 4.74 Å². The molecule has 1 rings (SSSR count). The average molecular weight is 220 g/mol. The van der Waals surface area contributed by atoms with Gasteiger partial charge in [0.25, 0.3) is 0 Å². The Morgan fingerprint density at radius 1 is 1.50 bits per heavy atom. The quantitative estimate of drug-likeness (QED) is 0.827. The molecule has 16 heavy (non-hydrogen) atoms. The smallest absolute Gasteiger partial charge is 0.212 e. The molecule has 0 saturated heterocycles. The lowest BCUT2D eigenvalue weighted by Gasteiger charge is -2.10. The fourth-order valence-electron chi connectivity index (χ4n) is 1.44. The number of pyridine rings is 1. The highest BCUT2D eigenvalue weighted by Crippen LogP contribution is 2.15. The molecule has 0 amide bonds. The third-order valence-electron chi connectivity index (χ3n) is 2.44. The van der Waals surface area contributed by atoms with Crippen molar-refractivity contribution in [2.75, 3.05) is 20.7 Å². The van der Waals surface area contributed by atoms with Crippen LogP contribution in [-0.4, -0.2) is 25.7 Å². The monoisotopic (exact) mass is 220 g/mol. The minimum Gasteiger partial charge on any atom is -0.481 e. The van der Waals surface area contributed by atoms with Crippen LogP contribution in [0.3, 0.4) is 0 Å². The zero-order chi connectivity index (χ0) is 12.0. The van der Waals surface area contributed by atoms with E-state index in [1.807, 2.05) is 25.4 Å². The summed E-state index contributed by atoms with van der Waals surface area (Å²) in [5.41, 5.74) is 2.48. The molecule has 3 nitrogen and oxygen atoms in total. The predicted molar refractivity (Wildman–Crippen MR) is 67.5 cm³/mol. The second-order valence-electron chi connectivity index (χ2n) is 4.04. The summed E-state index contributed by atoms with van der Waals surface area (Å²) in [6.45, 7) is 5.30. The molecule has 88 valence electrons. The second-order valence-corrected chi connectivity index (χ2v) is 4.04. The molecule has 0 fully saturated rings. The first-order chi connectivity index (χ1) is 7.67. The molecule has 1 N–H and O–H groups in total. The van der Waals surface area contributed by atoms with Gasteiger partial charge in [-0.15, -0.1) is 0 Å². The third-order valence-corrected chi connectivity index (χ3v) is 2.44. The van der Waals surface area contributed by atoms with Crippen LogP contribution in [0.4, 0.5) is 0 Å². The van der Waals surface area contributed by atoms with Crippen molar-refractivity contribution in [3.05, 3.63) is 29.5 Å². The van der Waals surface area contributed by atoms with Gasteiger partial charge in [-0.1, -0.05) is 25.5 Å². The fourth-order valence-corrected chi connectivity index (χ4v) is 1.44. The van der Waals surface area contributed by atoms with Crippen LogP contribution in [0.2, 0.25) is 0 Å². The van der Waals surface area contributed by atoms with Crippen molar-refractivity contribution in [3.8, 4) is 5.88 Å². The van der Waals surface area contributed by atoms with Crippen LogP contribution in [0.25, 0.3) is 6.08 Å². The van der Waals surface area contributed by atoms with Crippen molar-refractivity contribution in [2.24, 2.45) is 5.92 Å². The molecule has 1 aromatic rings. The summed E-state index contributed by atoms with van der Waals surface area (Å²) < 4.78 is 5.02. The fraction of sp³-hybridized carbons (Fsp3) is 0.462. The Bertz CT molecular complexity index is 341. The minimum atomic E-state index is 0.537. The number of likely N-dealkylation sites (N-methyl/N-ethyl adjacent to an activating group) is 1. The van der Waals surface area contributed by atoms with E-state index in [2.05, 4.69) is 30.2 Å². The van der Waals surface area contributed by atoms with Gasteiger partial charge in [-0.2, -0.15) is 0 Å². The average Bonchev–Trinajstić information content (AvgIpc) is 2.29. The normalized spacial score (nSPS) is 11.9. The lowest BCUT2D eigenvalue weighted by Crippen LogP contribution is -2.13. The lowest BCUT2D eigenvalue weighted by atomic mass is 10.0. The Labute approximate surface area is 97.5 Å². The molecule has 0 spiro atoms. The predicted octanol–water partition coefficient (Wildman–Crippen LogP) is 2.35. The van der Waals surface area contributed by atoms with E-state index in [9.17, 15) is 0 Å². The minimum absolute atomic E-state index is 0.537. The molecule has 0 bridgehead atoms. The third kappa shape index (κ3) is 3.66. The molecule has 0 saturated carbocycles. The number of methoxy groups -OCH3 is 1. The first kappa shape index (κ1) is 12.7. The van der Waals surface area contributed by atoms with Crippen LogP contribution in [0.5, 0.6) is 5.88 Å². The molecule has 0 aromatic carbocycles. The summed E-state index contributed by atoms with van der Waals surface area (Å²) in [5.74, 6) is 1.19. The molecule has 1 aromatic heterocycles. The van der Waals surface area contributed by atoms with E-state index in [1.165, 1.54) is 5.57 Å². The molecule has 0 atom stereocenters. The maximum absolute atomic E-state index is 5.02. The zero-order valence-corrected chi connectivity index (χ0v) is 10.4. The van der Waals surface area contributed by atoms with Gasteiger partial charge >= 0.3 is 0 Å². The molecule has 0 aliphatic carbocycles. The number of hydrogen-bond donors (Lipinski definition) is 1. The Morgan fingerprint density at radius 3 is 2.69 bits per heavy atom. The summed E-state index contributed by atoms with van der Waals surface area (Å²) in [6, 6.07) is 3.90. The van der Waals surface area contributed by atoms with Crippen LogP contribution in [0.15, 0.2) is 23.9 Å². The van der Waals surface area contributed by atoms with E-state index in [1.54, 1.807) is 7.11 Å². The molecule has 3 heteroatoms. The Hall–Kier alpha value is -1.35. The SMILES string of the molecule is CNC/C(=C/c1ccc(OC)nc1)C(C)C. The Morgan fingerprint density at radius 2 is 2.25 bits per heavy atom. The van der Waals surface area contributed by atoms with Crippen LogP contribution in [0.1, 0.15) is 19.4 Å².